The van der Waals surface area contributed by atoms with Gasteiger partial charge < -0.3 is 20.4 Å². The molecule has 1 atom stereocenters. The van der Waals surface area contributed by atoms with Crippen LogP contribution in [0.1, 0.15) is 17.2 Å². The van der Waals surface area contributed by atoms with E-state index < -0.39 is 40.9 Å². The third kappa shape index (κ3) is 2.41. The molecule has 17 heavy (non-hydrogen) atoms. The lowest BCUT2D eigenvalue weighted by atomic mass is 10.00. The fourth-order valence-corrected chi connectivity index (χ4v) is 1.24. The van der Waals surface area contributed by atoms with Crippen molar-refractivity contribution in [3.63, 3.8) is 0 Å². The van der Waals surface area contributed by atoms with Gasteiger partial charge in [0, 0.05) is 5.56 Å². The van der Waals surface area contributed by atoms with Crippen LogP contribution in [-0.4, -0.2) is 26.4 Å². The molecule has 0 heterocycles. The molecule has 0 aliphatic rings. The van der Waals surface area contributed by atoms with Crippen molar-refractivity contribution in [3.8, 4) is 11.5 Å². The Balaban J connectivity index is 3.53. The Labute approximate surface area is 92.4 Å². The van der Waals surface area contributed by atoms with E-state index in [2.05, 4.69) is 0 Å². The van der Waals surface area contributed by atoms with Crippen LogP contribution in [0.3, 0.4) is 0 Å². The van der Waals surface area contributed by atoms with Gasteiger partial charge in [0.1, 0.15) is 0 Å². The van der Waals surface area contributed by atoms with Crippen LogP contribution < -0.4 is 0 Å². The molecule has 8 heteroatoms. The Bertz CT molecular complexity index is 455. The molecular formula is C9H7F3O5. The number of carboxylic acid groups (broad SMARTS) is 1. The number of phenolic OH excluding ortho intramolecular Hbond substituents is 2. The van der Waals surface area contributed by atoms with Gasteiger partial charge in [0.05, 0.1) is 5.56 Å². The van der Waals surface area contributed by atoms with Gasteiger partial charge in [0.15, 0.2) is 17.6 Å². The summed E-state index contributed by atoms with van der Waals surface area (Å²) < 4.78 is 37.5. The van der Waals surface area contributed by atoms with Crippen LogP contribution in [0.2, 0.25) is 0 Å². The number of hydrogen-bond donors (Lipinski definition) is 4. The molecule has 0 saturated heterocycles. The highest BCUT2D eigenvalue weighted by atomic mass is 19.4. The third-order valence-electron chi connectivity index (χ3n) is 2.01. The van der Waals surface area contributed by atoms with Gasteiger partial charge in [-0.1, -0.05) is 0 Å². The van der Waals surface area contributed by atoms with E-state index in [1.807, 2.05) is 0 Å². The van der Waals surface area contributed by atoms with Crippen LogP contribution in [0.4, 0.5) is 13.2 Å². The normalized spacial score (nSPS) is 13.4. The fraction of sp³-hybridized carbons (Fsp3) is 0.222. The number of aliphatic hydroxyl groups excluding tert-OH is 1. The minimum atomic E-state index is -4.96. The lowest BCUT2D eigenvalue weighted by Gasteiger charge is -2.16. The summed E-state index contributed by atoms with van der Waals surface area (Å²) in [5.74, 6) is -4.24. The average molecular weight is 252 g/mol. The van der Waals surface area contributed by atoms with E-state index >= 15 is 0 Å². The van der Waals surface area contributed by atoms with E-state index in [4.69, 9.17) is 15.3 Å². The first-order valence-corrected chi connectivity index (χ1v) is 4.19. The quantitative estimate of drug-likeness (QED) is 0.593. The summed E-state index contributed by atoms with van der Waals surface area (Å²) in [6, 6.07) is 0.923. The number of carbonyl (C=O) groups is 1. The van der Waals surface area contributed by atoms with Gasteiger partial charge in [-0.2, -0.15) is 13.2 Å². The second-order valence-electron chi connectivity index (χ2n) is 3.13. The van der Waals surface area contributed by atoms with Crippen molar-refractivity contribution < 1.29 is 38.4 Å². The number of phenols is 2. The van der Waals surface area contributed by atoms with Crippen molar-refractivity contribution >= 4 is 5.97 Å². The SMILES string of the molecule is O=C(O)C(O)c1c(C(F)(F)F)ccc(O)c1O. The number of rotatable bonds is 2. The molecule has 0 bridgehead atoms. The summed E-state index contributed by atoms with van der Waals surface area (Å²) in [6.45, 7) is 0. The number of alkyl halides is 3. The molecule has 4 N–H and O–H groups in total. The molecule has 94 valence electrons. The Morgan fingerprint density at radius 3 is 2.18 bits per heavy atom. The van der Waals surface area contributed by atoms with Crippen molar-refractivity contribution in [3.05, 3.63) is 23.3 Å². The summed E-state index contributed by atoms with van der Waals surface area (Å²) in [5, 5.41) is 35.7. The van der Waals surface area contributed by atoms with Crippen LogP contribution in [-0.2, 0) is 11.0 Å². The average Bonchev–Trinajstić information content (AvgIpc) is 2.19. The molecule has 0 aliphatic carbocycles. The largest absolute Gasteiger partial charge is 0.504 e. The Morgan fingerprint density at radius 2 is 1.76 bits per heavy atom. The molecule has 0 aliphatic heterocycles. The van der Waals surface area contributed by atoms with Gasteiger partial charge in [0.2, 0.25) is 0 Å². The van der Waals surface area contributed by atoms with Crippen LogP contribution in [0.25, 0.3) is 0 Å². The lowest BCUT2D eigenvalue weighted by molar-refractivity contribution is -0.149. The first kappa shape index (κ1) is 13.1. The maximum absolute atomic E-state index is 12.5. The van der Waals surface area contributed by atoms with Crippen molar-refractivity contribution in [1.29, 1.82) is 0 Å². The second-order valence-corrected chi connectivity index (χ2v) is 3.13. The molecule has 1 aromatic rings. The van der Waals surface area contributed by atoms with E-state index in [0.29, 0.717) is 12.1 Å². The molecular weight excluding hydrogens is 245 g/mol. The number of hydrogen-bond acceptors (Lipinski definition) is 4. The molecule has 0 saturated carbocycles. The molecule has 0 spiro atoms. The zero-order valence-electron chi connectivity index (χ0n) is 8.06. The number of aromatic hydroxyl groups is 2. The zero-order chi connectivity index (χ0) is 13.4. The first-order valence-electron chi connectivity index (χ1n) is 4.19. The highest BCUT2D eigenvalue weighted by molar-refractivity contribution is 5.76. The number of carboxylic acids is 1. The number of aliphatic hydroxyl groups is 1. The monoisotopic (exact) mass is 252 g/mol. The summed E-state index contributed by atoms with van der Waals surface area (Å²) >= 11 is 0. The highest BCUT2D eigenvalue weighted by Crippen LogP contribution is 2.42. The molecule has 0 aromatic heterocycles. The van der Waals surface area contributed by atoms with Gasteiger partial charge in [-0.3, -0.25) is 0 Å². The van der Waals surface area contributed by atoms with E-state index in [9.17, 15) is 23.1 Å². The predicted molar refractivity (Wildman–Crippen MR) is 47.4 cm³/mol. The topological polar surface area (TPSA) is 98.0 Å². The third-order valence-corrected chi connectivity index (χ3v) is 2.01. The standard InChI is InChI=1S/C9H7F3O5/c10-9(11,12)3-1-2-4(13)6(14)5(3)7(15)8(16)17/h1-2,7,13-15H,(H,16,17). The van der Waals surface area contributed by atoms with E-state index in [0.717, 1.165) is 0 Å². The predicted octanol–water partition coefficient (Wildman–Crippen LogP) is 1.23. The fourth-order valence-electron chi connectivity index (χ4n) is 1.24. The van der Waals surface area contributed by atoms with Crippen molar-refractivity contribution in [2.45, 2.75) is 12.3 Å². The molecule has 1 unspecified atom stereocenters. The summed E-state index contributed by atoms with van der Waals surface area (Å²) in [6.07, 6.45) is -7.55. The van der Waals surface area contributed by atoms with Gasteiger partial charge in [-0.25, -0.2) is 4.79 Å². The minimum Gasteiger partial charge on any atom is -0.504 e. The van der Waals surface area contributed by atoms with Crippen LogP contribution in [0.15, 0.2) is 12.1 Å². The molecule has 1 rings (SSSR count). The van der Waals surface area contributed by atoms with Crippen molar-refractivity contribution in [2.24, 2.45) is 0 Å². The highest BCUT2D eigenvalue weighted by Gasteiger charge is 2.39. The van der Waals surface area contributed by atoms with Crippen LogP contribution >= 0.6 is 0 Å². The maximum Gasteiger partial charge on any atom is 0.416 e. The van der Waals surface area contributed by atoms with Gasteiger partial charge in [-0.05, 0) is 12.1 Å². The van der Waals surface area contributed by atoms with E-state index in [1.54, 1.807) is 0 Å². The molecule has 1 aromatic carbocycles. The summed E-state index contributed by atoms with van der Waals surface area (Å²) in [7, 11) is 0. The second kappa shape index (κ2) is 4.13. The molecule has 0 fully saturated rings. The van der Waals surface area contributed by atoms with E-state index in [-0.39, 0.29) is 0 Å². The molecule has 0 radical (unpaired) electrons. The zero-order valence-corrected chi connectivity index (χ0v) is 8.06. The molecule has 0 amide bonds. The Hall–Kier alpha value is -1.96. The van der Waals surface area contributed by atoms with Crippen LogP contribution in [0, 0.1) is 0 Å². The van der Waals surface area contributed by atoms with Gasteiger partial charge >= 0.3 is 12.1 Å². The smallest absolute Gasteiger partial charge is 0.416 e. The summed E-state index contributed by atoms with van der Waals surface area (Å²) in [5.41, 5.74) is -2.81. The number of halogens is 3. The first-order chi connectivity index (χ1) is 7.66. The van der Waals surface area contributed by atoms with E-state index in [1.165, 1.54) is 0 Å². The molecule has 5 nitrogen and oxygen atoms in total. The summed E-state index contributed by atoms with van der Waals surface area (Å²) in [4.78, 5) is 10.4. The van der Waals surface area contributed by atoms with Crippen molar-refractivity contribution in [1.82, 2.24) is 0 Å². The lowest BCUT2D eigenvalue weighted by Crippen LogP contribution is -2.17. The minimum absolute atomic E-state index is 0.372. The van der Waals surface area contributed by atoms with Gasteiger partial charge in [0.25, 0.3) is 0 Å². The number of benzene rings is 1. The Kier molecular flexibility index (Phi) is 3.18. The van der Waals surface area contributed by atoms with Crippen molar-refractivity contribution in [2.75, 3.05) is 0 Å². The Morgan fingerprint density at radius 1 is 1.24 bits per heavy atom. The maximum atomic E-state index is 12.5. The van der Waals surface area contributed by atoms with Gasteiger partial charge in [-0.15, -0.1) is 0 Å². The van der Waals surface area contributed by atoms with Crippen LogP contribution in [0.5, 0.6) is 11.5 Å². The number of aliphatic carboxylic acids is 1.